The molecule has 1 heterocycles. The fourth-order valence-corrected chi connectivity index (χ4v) is 13.0. The molecule has 12 aromatic rings. The summed E-state index contributed by atoms with van der Waals surface area (Å²) in [5.74, 6) is 0. The monoisotopic (exact) mass is 1050 g/mol. The first kappa shape index (κ1) is 64.8. The van der Waals surface area contributed by atoms with Crippen LogP contribution >= 0.6 is 0 Å². The van der Waals surface area contributed by atoms with Gasteiger partial charge in [-0.2, -0.15) is 0 Å². The lowest BCUT2D eigenvalue weighted by atomic mass is 9.55. The zero-order chi connectivity index (χ0) is 66.2. The van der Waals surface area contributed by atoms with Crippen molar-refractivity contribution in [1.29, 1.82) is 0 Å². The average molecular weight is 1050 g/mol. The van der Waals surface area contributed by atoms with E-state index in [1.165, 1.54) is 0 Å². The van der Waals surface area contributed by atoms with Gasteiger partial charge in [0.05, 0.1) is 0 Å². The lowest BCUT2D eigenvalue weighted by Gasteiger charge is -2.33. The van der Waals surface area contributed by atoms with Crippen molar-refractivity contribution in [3.05, 3.63) is 6.07 Å². The number of rotatable bonds is 4. The third kappa shape index (κ3) is 8.24. The Kier molecular flexibility index (Phi) is 15.7. The van der Waals surface area contributed by atoms with Crippen molar-refractivity contribution in [2.75, 3.05) is 0 Å². The molecule has 0 atom stereocenters. The van der Waals surface area contributed by atoms with Crippen LogP contribution in [0.25, 0.3) is 120 Å². The fraction of sp³-hybridized carbons (Fsp3) is 0. The number of hydrogen-bond donors (Lipinski definition) is 0. The van der Waals surface area contributed by atoms with E-state index in [1.807, 2.05) is 0 Å². The predicted molar refractivity (Wildman–Crippen MR) is 421 cm³/mol. The van der Waals surface area contributed by atoms with Crippen LogP contribution in [0.15, 0.2) is 10.5 Å². The van der Waals surface area contributed by atoms with Gasteiger partial charge >= 0.3 is 0 Å². The number of furan rings is 1. The Hall–Kier alpha value is -5.34. The van der Waals surface area contributed by atoms with Crippen molar-refractivity contribution in [2.45, 2.75) is 0 Å². The molecule has 0 aliphatic heterocycles. The second-order valence-electron chi connectivity index (χ2n) is 22.1. The second-order valence-corrected chi connectivity index (χ2v) is 22.1. The topological polar surface area (TPSA) is 13.1 Å². The Morgan fingerprint density at radius 3 is 0.778 bits per heavy atom. The molecule has 11 aromatic carbocycles. The molecule has 12 rings (SSSR count). The summed E-state index contributed by atoms with van der Waals surface area (Å²) in [6, 6.07) is 1.56. The minimum atomic E-state index is -0.305. The Labute approximate surface area is 565 Å². The molecule has 0 amide bonds. The normalized spacial score (nSPS) is 11.9. The standard InChI is InChI=1S/C56HB33O/c57-22-3-1-2(4-9(5(3)27(62)44(79)43(22)78)29(64)46(81)45(80)26(4)61)6-23(58)16-17(37(72)28(6)63)24(59)14(34(69)38(16)73)7-10-12(32(67)49(84)47(82)30(10)65)8(13-11(7)31(66)48(83)50(85)33(13)68)15-35(70)39(74)19(40(75)36(15)71)18-25(60)20-21-42(77)51(86)52(87)54(89)56(21)90-55(20)53(88)41(18)76/h1H. The van der Waals surface area contributed by atoms with Gasteiger partial charge in [0.2, 0.25) is 0 Å². The van der Waals surface area contributed by atoms with Crippen molar-refractivity contribution in [1.82, 2.24) is 0 Å². The predicted octanol–water partition coefficient (Wildman–Crippen LogP) is -23.8. The van der Waals surface area contributed by atoms with Crippen molar-refractivity contribution < 1.29 is 4.42 Å². The molecule has 66 radical (unpaired) electrons. The smallest absolute Gasteiger partial charge is 0.127 e. The van der Waals surface area contributed by atoms with Gasteiger partial charge in [0.25, 0.3) is 0 Å². The molecular weight excluding hydrogens is 1050 g/mol. The van der Waals surface area contributed by atoms with Crippen molar-refractivity contribution in [3.63, 3.8) is 0 Å². The summed E-state index contributed by atoms with van der Waals surface area (Å²) in [5, 5.41) is 0.635. The van der Waals surface area contributed by atoms with Crippen molar-refractivity contribution >= 4 is 515 Å². The molecule has 0 saturated carbocycles. The average Bonchev–Trinajstić information content (AvgIpc) is 0.804. The maximum atomic E-state index is 7.45. The fourth-order valence-electron chi connectivity index (χ4n) is 13.0. The van der Waals surface area contributed by atoms with E-state index in [0.717, 1.165) is 0 Å². The Balaban J connectivity index is 1.23. The zero-order valence-corrected chi connectivity index (χ0v) is 47.5. The Bertz CT molecular complexity index is 5400. The van der Waals surface area contributed by atoms with E-state index in [9.17, 15) is 0 Å². The Morgan fingerprint density at radius 1 is 0.144 bits per heavy atom. The zero-order valence-electron chi connectivity index (χ0n) is 47.5. The molecule has 34 heteroatoms. The molecule has 0 bridgehead atoms. The molecule has 0 unspecified atom stereocenters. The van der Waals surface area contributed by atoms with Gasteiger partial charge in [0.1, 0.15) is 270 Å². The first-order valence-electron chi connectivity index (χ1n) is 26.5. The molecule has 0 spiro atoms. The first-order chi connectivity index (χ1) is 42.0. The van der Waals surface area contributed by atoms with Crippen molar-refractivity contribution in [3.8, 4) is 44.5 Å². The van der Waals surface area contributed by atoms with Gasteiger partial charge in [-0.1, -0.05) is 126 Å². The van der Waals surface area contributed by atoms with Gasteiger partial charge in [-0.3, -0.25) is 0 Å². The van der Waals surface area contributed by atoms with Gasteiger partial charge in [-0.05, 0) is 104 Å². The minimum absolute atomic E-state index is 0.00188. The quantitative estimate of drug-likeness (QED) is 0.0973. The molecular formula is C56HB33O. The van der Waals surface area contributed by atoms with Crippen LogP contribution in [-0.2, 0) is 0 Å². The van der Waals surface area contributed by atoms with E-state index in [2.05, 4.69) is 0 Å². The summed E-state index contributed by atoms with van der Waals surface area (Å²) in [6.45, 7) is 0. The maximum Gasteiger partial charge on any atom is 0.127 e. The van der Waals surface area contributed by atoms with Crippen LogP contribution in [0.1, 0.15) is 0 Å². The lowest BCUT2D eigenvalue weighted by Crippen LogP contribution is -2.51. The van der Waals surface area contributed by atoms with E-state index in [-0.39, 0.29) is 301 Å². The second kappa shape index (κ2) is 21.9. The van der Waals surface area contributed by atoms with Crippen molar-refractivity contribution in [2.24, 2.45) is 0 Å². The summed E-state index contributed by atoms with van der Waals surface area (Å²) in [6.07, 6.45) is 0. The van der Waals surface area contributed by atoms with Gasteiger partial charge in [-0.25, -0.2) is 0 Å². The third-order valence-corrected chi connectivity index (χ3v) is 17.8. The lowest BCUT2D eigenvalue weighted by molar-refractivity contribution is 0.675. The molecule has 0 fully saturated rings. The van der Waals surface area contributed by atoms with Crippen LogP contribution in [0.5, 0.6) is 0 Å². The third-order valence-electron chi connectivity index (χ3n) is 17.8. The maximum absolute atomic E-state index is 7.45. The minimum Gasteiger partial charge on any atom is -0.457 e. The van der Waals surface area contributed by atoms with E-state index >= 15 is 0 Å². The van der Waals surface area contributed by atoms with Gasteiger partial charge < -0.3 is 4.42 Å². The molecule has 1 aromatic heterocycles. The van der Waals surface area contributed by atoms with Crippen LogP contribution in [0, 0.1) is 0 Å². The molecule has 0 N–H and O–H groups in total. The molecule has 1 nitrogen and oxygen atoms in total. The van der Waals surface area contributed by atoms with Gasteiger partial charge in [0.15, 0.2) is 0 Å². The Morgan fingerprint density at radius 2 is 0.367 bits per heavy atom. The van der Waals surface area contributed by atoms with Crippen LogP contribution in [-0.4, -0.2) is 259 Å². The summed E-state index contributed by atoms with van der Waals surface area (Å²) in [7, 11) is 227. The van der Waals surface area contributed by atoms with E-state index in [1.54, 1.807) is 6.07 Å². The number of benzene rings is 11. The highest BCUT2D eigenvalue weighted by Gasteiger charge is 2.32. The van der Waals surface area contributed by atoms with Gasteiger partial charge in [0, 0.05) is 10.8 Å². The highest BCUT2D eigenvalue weighted by atomic mass is 16.3. The van der Waals surface area contributed by atoms with Crippen LogP contribution in [0.3, 0.4) is 0 Å². The van der Waals surface area contributed by atoms with Gasteiger partial charge in [-0.15, -0.1) is 54.6 Å². The first-order valence-corrected chi connectivity index (χ1v) is 26.5. The summed E-state index contributed by atoms with van der Waals surface area (Å²) in [5.41, 5.74) is -6.03. The number of fused-ring (bicyclic) bond motifs is 9. The number of hydrogen-bond acceptors (Lipinski definition) is 1. The highest BCUT2D eigenvalue weighted by molar-refractivity contribution is 6.78. The van der Waals surface area contributed by atoms with E-state index < -0.39 is 0 Å². The SMILES string of the molecule is [B]c1c([B])c(-c2c3c([B])c([B])c([B])c([B])c3c(-c3c([B])c([B])c4c([B])c(-c5cc6c([B])c([B])c([B])c([B])c6c6c([B])c([B])c([B])c([B])c56)c([B])c([B])c4c3[B])c3c([B])c([B])c([B])c([B])c23)c([B])c([B])c1-c1c([B])c([B])c2oc3c([B])c([B])c([B])c([B])c3c2c1[B]. The summed E-state index contributed by atoms with van der Waals surface area (Å²) in [4.78, 5) is 0. The molecule has 0 saturated heterocycles. The molecule has 90 heavy (non-hydrogen) atoms. The van der Waals surface area contributed by atoms with E-state index in [4.69, 9.17) is 263 Å². The largest absolute Gasteiger partial charge is 0.457 e. The van der Waals surface area contributed by atoms with E-state index in [0.29, 0.717) is 0 Å². The molecule has 0 aliphatic rings. The van der Waals surface area contributed by atoms with Crippen LogP contribution in [0.2, 0.25) is 0 Å². The molecule has 0 aliphatic carbocycles. The van der Waals surface area contributed by atoms with Crippen LogP contribution < -0.4 is 180 Å². The van der Waals surface area contributed by atoms with Crippen LogP contribution in [0.4, 0.5) is 0 Å². The highest BCUT2D eigenvalue weighted by Crippen LogP contribution is 2.40. The molecule has 330 valence electrons. The summed E-state index contributed by atoms with van der Waals surface area (Å²) < 4.78 is 6.11. The summed E-state index contributed by atoms with van der Waals surface area (Å²) >= 11 is 0.